The van der Waals surface area contributed by atoms with Gasteiger partial charge in [0.1, 0.15) is 5.75 Å². The van der Waals surface area contributed by atoms with Crippen LogP contribution in [0.1, 0.15) is 25.8 Å². The average Bonchev–Trinajstić information content (AvgIpc) is 2.37. The summed E-state index contributed by atoms with van der Waals surface area (Å²) in [6, 6.07) is 5.63. The van der Waals surface area contributed by atoms with Gasteiger partial charge in [0.25, 0.3) is 0 Å². The van der Waals surface area contributed by atoms with E-state index in [4.69, 9.17) is 4.74 Å². The molecule has 5 heteroatoms. The van der Waals surface area contributed by atoms with E-state index in [1.807, 2.05) is 12.1 Å². The van der Waals surface area contributed by atoms with E-state index in [0.717, 1.165) is 37.0 Å². The fourth-order valence-corrected chi connectivity index (χ4v) is 3.26. The predicted octanol–water partition coefficient (Wildman–Crippen LogP) is 0.853. The molecule has 2 rings (SSSR count). The molecule has 1 aliphatic heterocycles. The molecule has 1 aromatic carbocycles. The Morgan fingerprint density at radius 2 is 1.90 bits per heavy atom. The zero-order valence-corrected chi connectivity index (χ0v) is 12.5. The van der Waals surface area contributed by atoms with Crippen LogP contribution >= 0.6 is 0 Å². The highest BCUT2D eigenvalue weighted by Crippen LogP contribution is 2.22. The van der Waals surface area contributed by atoms with Crippen molar-refractivity contribution in [3.05, 3.63) is 23.8 Å². The summed E-state index contributed by atoms with van der Waals surface area (Å²) >= 11 is 0. The molecule has 2 N–H and O–H groups in total. The molecule has 1 fully saturated rings. The number of benzene rings is 1. The Balaban J connectivity index is 2.11. The van der Waals surface area contributed by atoms with Crippen molar-refractivity contribution in [1.82, 2.24) is 4.90 Å². The Labute approximate surface area is 121 Å². The zero-order chi connectivity index (χ0) is 14.7. The predicted molar refractivity (Wildman–Crippen MR) is 81.0 cm³/mol. The van der Waals surface area contributed by atoms with E-state index < -0.39 is 7.12 Å². The number of hydrogen-bond donors (Lipinski definition) is 2. The highest BCUT2D eigenvalue weighted by atomic mass is 16.5. The van der Waals surface area contributed by atoms with Crippen LogP contribution in [0.15, 0.2) is 18.2 Å². The first kappa shape index (κ1) is 15.4. The minimum atomic E-state index is -1.50. The first-order valence-corrected chi connectivity index (χ1v) is 7.25. The molecule has 0 bridgehead atoms. The van der Waals surface area contributed by atoms with Crippen LogP contribution < -0.4 is 10.2 Å². The molecule has 2 atom stereocenters. The fraction of sp³-hybridized carbons (Fsp3) is 0.600. The second kappa shape index (κ2) is 6.61. The molecule has 2 unspecified atom stereocenters. The highest BCUT2D eigenvalue weighted by Gasteiger charge is 2.23. The minimum Gasteiger partial charge on any atom is -0.497 e. The number of rotatable bonds is 4. The maximum absolute atomic E-state index is 9.41. The van der Waals surface area contributed by atoms with Crippen LogP contribution in [-0.2, 0) is 6.54 Å². The Hall–Kier alpha value is -1.04. The summed E-state index contributed by atoms with van der Waals surface area (Å²) < 4.78 is 5.15. The lowest BCUT2D eigenvalue weighted by Crippen LogP contribution is -2.38. The first-order valence-electron chi connectivity index (χ1n) is 7.25. The smallest absolute Gasteiger partial charge is 0.492 e. The summed E-state index contributed by atoms with van der Waals surface area (Å²) in [6.45, 7) is 7.64. The van der Waals surface area contributed by atoms with Gasteiger partial charge in [-0.3, -0.25) is 4.90 Å². The summed E-state index contributed by atoms with van der Waals surface area (Å²) in [6.07, 6.45) is 1.29. The lowest BCUT2D eigenvalue weighted by atomic mass is 9.78. The average molecular weight is 277 g/mol. The quantitative estimate of drug-likeness (QED) is 0.801. The molecule has 110 valence electrons. The van der Waals surface area contributed by atoms with Gasteiger partial charge < -0.3 is 14.8 Å². The van der Waals surface area contributed by atoms with E-state index in [-0.39, 0.29) is 0 Å². The van der Waals surface area contributed by atoms with Gasteiger partial charge in [-0.05, 0) is 29.9 Å². The zero-order valence-electron chi connectivity index (χ0n) is 12.5. The third-order valence-electron chi connectivity index (χ3n) is 3.92. The number of methoxy groups -OCH3 is 1. The van der Waals surface area contributed by atoms with Crippen molar-refractivity contribution < 1.29 is 14.8 Å². The van der Waals surface area contributed by atoms with Crippen LogP contribution in [0, 0.1) is 11.8 Å². The van der Waals surface area contributed by atoms with Gasteiger partial charge in [0.05, 0.1) is 7.11 Å². The summed E-state index contributed by atoms with van der Waals surface area (Å²) in [5.74, 6) is 1.96. The molecule has 1 heterocycles. The van der Waals surface area contributed by atoms with E-state index in [2.05, 4.69) is 18.7 Å². The highest BCUT2D eigenvalue weighted by molar-refractivity contribution is 6.59. The molecule has 0 spiro atoms. The maximum atomic E-state index is 9.41. The number of piperidine rings is 1. The van der Waals surface area contributed by atoms with E-state index >= 15 is 0 Å². The van der Waals surface area contributed by atoms with E-state index in [1.165, 1.54) is 13.5 Å². The van der Waals surface area contributed by atoms with E-state index in [0.29, 0.717) is 11.2 Å². The molecule has 4 nitrogen and oxygen atoms in total. The normalized spacial score (nSPS) is 23.6. The van der Waals surface area contributed by atoms with Crippen molar-refractivity contribution in [2.75, 3.05) is 20.2 Å². The van der Waals surface area contributed by atoms with Gasteiger partial charge in [0.2, 0.25) is 0 Å². The molecular weight excluding hydrogens is 253 g/mol. The number of likely N-dealkylation sites (tertiary alicyclic amines) is 1. The molecule has 1 aliphatic rings. The molecule has 0 saturated carbocycles. The van der Waals surface area contributed by atoms with Crippen molar-refractivity contribution >= 4 is 12.6 Å². The first-order chi connectivity index (χ1) is 9.49. The fourth-order valence-electron chi connectivity index (χ4n) is 3.26. The number of hydrogen-bond acceptors (Lipinski definition) is 4. The van der Waals surface area contributed by atoms with Gasteiger partial charge in [-0.2, -0.15) is 0 Å². The number of ether oxygens (including phenoxy) is 1. The Kier molecular flexibility index (Phi) is 5.08. The largest absolute Gasteiger partial charge is 0.497 e. The summed E-state index contributed by atoms with van der Waals surface area (Å²) in [4.78, 5) is 2.44. The molecule has 1 saturated heterocycles. The third-order valence-corrected chi connectivity index (χ3v) is 3.92. The van der Waals surface area contributed by atoms with Crippen molar-refractivity contribution in [1.29, 1.82) is 0 Å². The van der Waals surface area contributed by atoms with E-state index in [1.54, 1.807) is 6.07 Å². The molecule has 0 amide bonds. The van der Waals surface area contributed by atoms with Gasteiger partial charge in [0, 0.05) is 25.1 Å². The minimum absolute atomic E-state index is 0.433. The summed E-state index contributed by atoms with van der Waals surface area (Å²) in [5.41, 5.74) is 1.53. The van der Waals surface area contributed by atoms with Crippen LogP contribution in [-0.4, -0.2) is 42.3 Å². The SMILES string of the molecule is COc1ccc(CN2CC(C)CC(C)C2)cc1B(O)O. The van der Waals surface area contributed by atoms with Crippen molar-refractivity contribution in [3.63, 3.8) is 0 Å². The molecule has 0 aromatic heterocycles. The maximum Gasteiger partial charge on any atom is 0.492 e. The molecule has 1 aromatic rings. The van der Waals surface area contributed by atoms with Crippen molar-refractivity contribution in [3.8, 4) is 5.75 Å². The molecule has 0 radical (unpaired) electrons. The second-order valence-electron chi connectivity index (χ2n) is 6.09. The Bertz CT molecular complexity index is 443. The van der Waals surface area contributed by atoms with Crippen LogP contribution in [0.3, 0.4) is 0 Å². The monoisotopic (exact) mass is 277 g/mol. The molecule has 20 heavy (non-hydrogen) atoms. The topological polar surface area (TPSA) is 52.9 Å². The van der Waals surface area contributed by atoms with Crippen LogP contribution in [0.4, 0.5) is 0 Å². The standard InChI is InChI=1S/C15H24BNO3/c1-11-6-12(2)9-17(8-11)10-13-4-5-15(20-3)14(7-13)16(18)19/h4-5,7,11-12,18-19H,6,8-10H2,1-3H3. The molecule has 0 aliphatic carbocycles. The van der Waals surface area contributed by atoms with E-state index in [9.17, 15) is 10.0 Å². The molecular formula is C15H24BNO3. The van der Waals surface area contributed by atoms with Gasteiger partial charge in [-0.15, -0.1) is 0 Å². The van der Waals surface area contributed by atoms with Crippen molar-refractivity contribution in [2.45, 2.75) is 26.8 Å². The van der Waals surface area contributed by atoms with Gasteiger partial charge in [-0.1, -0.05) is 26.0 Å². The summed E-state index contributed by atoms with van der Waals surface area (Å²) in [5, 5.41) is 18.8. The van der Waals surface area contributed by atoms with Gasteiger partial charge in [0.15, 0.2) is 0 Å². The number of nitrogens with zero attached hydrogens (tertiary/aromatic N) is 1. The Morgan fingerprint density at radius 1 is 1.25 bits per heavy atom. The third kappa shape index (κ3) is 3.75. The van der Waals surface area contributed by atoms with Crippen LogP contribution in [0.25, 0.3) is 0 Å². The van der Waals surface area contributed by atoms with Crippen LogP contribution in [0.2, 0.25) is 0 Å². The van der Waals surface area contributed by atoms with Gasteiger partial charge >= 0.3 is 7.12 Å². The summed E-state index contributed by atoms with van der Waals surface area (Å²) in [7, 11) is 0.0404. The van der Waals surface area contributed by atoms with Crippen molar-refractivity contribution in [2.24, 2.45) is 11.8 Å². The second-order valence-corrected chi connectivity index (χ2v) is 6.09. The lowest BCUT2D eigenvalue weighted by Gasteiger charge is -2.35. The van der Waals surface area contributed by atoms with Crippen LogP contribution in [0.5, 0.6) is 5.75 Å². The lowest BCUT2D eigenvalue weighted by molar-refractivity contribution is 0.134. The van der Waals surface area contributed by atoms with Gasteiger partial charge in [-0.25, -0.2) is 0 Å². The Morgan fingerprint density at radius 3 is 2.45 bits per heavy atom.